The van der Waals surface area contributed by atoms with E-state index in [4.69, 9.17) is 0 Å². The number of nitrogens with zero attached hydrogens (tertiary/aromatic N) is 2. The van der Waals surface area contributed by atoms with Crippen LogP contribution in [0.15, 0.2) is 29.2 Å². The summed E-state index contributed by atoms with van der Waals surface area (Å²) < 4.78 is 0. The molecule has 0 aliphatic heterocycles. The number of hydrogen-bond donors (Lipinski definition) is 3. The normalized spacial score (nSPS) is 11.9. The van der Waals surface area contributed by atoms with Crippen LogP contribution in [0.5, 0.6) is 0 Å². The van der Waals surface area contributed by atoms with Crippen molar-refractivity contribution < 1.29 is 9.90 Å². The smallest absolute Gasteiger partial charge is 0.326 e. The van der Waals surface area contributed by atoms with Gasteiger partial charge in [-0.05, 0) is 25.0 Å². The first-order chi connectivity index (χ1) is 11.5. The van der Waals surface area contributed by atoms with Gasteiger partial charge in [-0.2, -0.15) is 0 Å². The number of aryl methyl sites for hydroxylation is 1. The number of aromatic nitrogens is 3. The van der Waals surface area contributed by atoms with Crippen molar-refractivity contribution in [1.82, 2.24) is 15.0 Å². The van der Waals surface area contributed by atoms with E-state index < -0.39 is 12.0 Å². The zero-order valence-electron chi connectivity index (χ0n) is 13.9. The molecule has 0 amide bonds. The van der Waals surface area contributed by atoms with Gasteiger partial charge in [0, 0.05) is 23.5 Å². The molecule has 0 aliphatic carbocycles. The van der Waals surface area contributed by atoms with Crippen molar-refractivity contribution in [3.8, 4) is 11.4 Å². The Balaban J connectivity index is 2.16. The Hall–Kier alpha value is -2.70. The lowest BCUT2D eigenvalue weighted by Crippen LogP contribution is -2.29. The number of pyridine rings is 1. The number of unbranched alkanes of at least 4 members (excludes halogenated alkanes) is 1. The van der Waals surface area contributed by atoms with Crippen LogP contribution in [0.2, 0.25) is 0 Å². The molecule has 7 nitrogen and oxygen atoms in total. The van der Waals surface area contributed by atoms with E-state index in [1.165, 1.54) is 6.07 Å². The van der Waals surface area contributed by atoms with Crippen molar-refractivity contribution in [1.29, 1.82) is 0 Å². The molecule has 3 N–H and O–H groups in total. The molecule has 2 aromatic rings. The highest BCUT2D eigenvalue weighted by Gasteiger charge is 2.16. The van der Waals surface area contributed by atoms with Crippen LogP contribution in [-0.2, 0) is 11.2 Å². The van der Waals surface area contributed by atoms with Gasteiger partial charge in [-0.15, -0.1) is 0 Å². The van der Waals surface area contributed by atoms with Crippen LogP contribution in [0.1, 0.15) is 38.8 Å². The van der Waals surface area contributed by atoms with Crippen LogP contribution in [0.25, 0.3) is 11.4 Å². The molecule has 24 heavy (non-hydrogen) atoms. The maximum Gasteiger partial charge on any atom is 0.326 e. The summed E-state index contributed by atoms with van der Waals surface area (Å²) in [7, 11) is 0. The number of aromatic amines is 1. The zero-order chi connectivity index (χ0) is 17.5. The van der Waals surface area contributed by atoms with Gasteiger partial charge in [-0.3, -0.25) is 4.79 Å². The molecule has 2 rings (SSSR count). The summed E-state index contributed by atoms with van der Waals surface area (Å²) in [6, 6.07) is 4.25. The molecule has 128 valence electrons. The van der Waals surface area contributed by atoms with Crippen LogP contribution >= 0.6 is 0 Å². The monoisotopic (exact) mass is 330 g/mol. The van der Waals surface area contributed by atoms with E-state index in [-0.39, 0.29) is 5.56 Å². The Morgan fingerprint density at radius 1 is 1.38 bits per heavy atom. The lowest BCUT2D eigenvalue weighted by Gasteiger charge is -2.14. The Kier molecular flexibility index (Phi) is 6.06. The van der Waals surface area contributed by atoms with Crippen molar-refractivity contribution in [2.75, 3.05) is 5.32 Å². The van der Waals surface area contributed by atoms with Gasteiger partial charge in [0.25, 0.3) is 5.56 Å². The molecular formula is C17H22N4O3. The Labute approximate surface area is 140 Å². The maximum atomic E-state index is 11.6. The van der Waals surface area contributed by atoms with E-state index in [1.54, 1.807) is 18.3 Å². The third-order valence-corrected chi connectivity index (χ3v) is 3.66. The first-order valence-electron chi connectivity index (χ1n) is 8.09. The van der Waals surface area contributed by atoms with Gasteiger partial charge in [0.05, 0.1) is 0 Å². The van der Waals surface area contributed by atoms with E-state index in [0.29, 0.717) is 35.7 Å². The lowest BCUT2D eigenvalue weighted by molar-refractivity contribution is -0.138. The molecule has 0 bridgehead atoms. The average molecular weight is 330 g/mol. The summed E-state index contributed by atoms with van der Waals surface area (Å²) in [5.74, 6) is 0.0476. The fraction of sp³-hybridized carbons (Fsp3) is 0.412. The molecule has 0 aromatic carbocycles. The second-order valence-corrected chi connectivity index (χ2v) is 5.55. The van der Waals surface area contributed by atoms with E-state index in [2.05, 4.69) is 20.3 Å². The predicted molar refractivity (Wildman–Crippen MR) is 92.0 cm³/mol. The summed E-state index contributed by atoms with van der Waals surface area (Å²) in [5.41, 5.74) is 1.18. The highest BCUT2D eigenvalue weighted by atomic mass is 16.4. The van der Waals surface area contributed by atoms with E-state index >= 15 is 0 Å². The topological polar surface area (TPSA) is 108 Å². The molecule has 0 saturated carbocycles. The summed E-state index contributed by atoms with van der Waals surface area (Å²) in [4.78, 5) is 34.2. The third-order valence-electron chi connectivity index (χ3n) is 3.66. The highest BCUT2D eigenvalue weighted by Crippen LogP contribution is 2.16. The minimum absolute atomic E-state index is 0.204. The molecule has 0 spiro atoms. The second kappa shape index (κ2) is 8.24. The molecule has 0 unspecified atom stereocenters. The van der Waals surface area contributed by atoms with Crippen LogP contribution in [0.3, 0.4) is 0 Å². The van der Waals surface area contributed by atoms with Gasteiger partial charge < -0.3 is 15.4 Å². The van der Waals surface area contributed by atoms with Gasteiger partial charge in [0.1, 0.15) is 17.7 Å². The van der Waals surface area contributed by atoms with Gasteiger partial charge in [0.15, 0.2) is 0 Å². The number of carboxylic acids is 1. The first-order valence-corrected chi connectivity index (χ1v) is 8.09. The SMILES string of the molecule is CCCC[C@H](Nc1ccc(-c2nc(CC)cc(=O)[nH]2)cn1)C(=O)O. The van der Waals surface area contributed by atoms with Gasteiger partial charge in [-0.1, -0.05) is 26.7 Å². The Morgan fingerprint density at radius 3 is 2.75 bits per heavy atom. The molecule has 0 radical (unpaired) electrons. The van der Waals surface area contributed by atoms with Crippen molar-refractivity contribution in [2.45, 2.75) is 45.6 Å². The number of hydrogen-bond acceptors (Lipinski definition) is 5. The highest BCUT2D eigenvalue weighted by molar-refractivity contribution is 5.76. The third kappa shape index (κ3) is 4.65. The maximum absolute atomic E-state index is 11.6. The molecule has 2 aromatic heterocycles. The van der Waals surface area contributed by atoms with Crippen molar-refractivity contribution in [3.63, 3.8) is 0 Å². The van der Waals surface area contributed by atoms with Crippen LogP contribution in [-0.4, -0.2) is 32.1 Å². The number of nitrogens with one attached hydrogen (secondary N) is 2. The largest absolute Gasteiger partial charge is 0.480 e. The quantitative estimate of drug-likeness (QED) is 0.686. The average Bonchev–Trinajstić information content (AvgIpc) is 2.58. The fourth-order valence-electron chi connectivity index (χ4n) is 2.29. The molecule has 0 aliphatic rings. The van der Waals surface area contributed by atoms with Crippen LogP contribution in [0.4, 0.5) is 5.82 Å². The van der Waals surface area contributed by atoms with E-state index in [1.807, 2.05) is 13.8 Å². The summed E-state index contributed by atoms with van der Waals surface area (Å²) >= 11 is 0. The molecular weight excluding hydrogens is 308 g/mol. The lowest BCUT2D eigenvalue weighted by atomic mass is 10.1. The van der Waals surface area contributed by atoms with E-state index in [9.17, 15) is 14.7 Å². The Morgan fingerprint density at radius 2 is 2.17 bits per heavy atom. The standard InChI is InChI=1S/C17H22N4O3/c1-3-5-6-13(17(23)24)20-14-8-7-11(10-18-14)16-19-12(4-2)9-15(22)21-16/h7-10,13H,3-6H2,1-2H3,(H,18,20)(H,23,24)(H,19,21,22)/t13-/m0/s1. The second-order valence-electron chi connectivity index (χ2n) is 5.55. The summed E-state index contributed by atoms with van der Waals surface area (Å²) in [6.07, 6.45) is 4.55. The number of carbonyl (C=O) groups is 1. The fourth-order valence-corrected chi connectivity index (χ4v) is 2.29. The van der Waals surface area contributed by atoms with E-state index in [0.717, 1.165) is 12.8 Å². The first kappa shape index (κ1) is 17.7. The van der Waals surface area contributed by atoms with Gasteiger partial charge in [0.2, 0.25) is 0 Å². The van der Waals surface area contributed by atoms with Gasteiger partial charge >= 0.3 is 5.97 Å². The zero-order valence-corrected chi connectivity index (χ0v) is 13.9. The van der Waals surface area contributed by atoms with Gasteiger partial charge in [-0.25, -0.2) is 14.8 Å². The summed E-state index contributed by atoms with van der Waals surface area (Å²) in [5, 5.41) is 12.2. The van der Waals surface area contributed by atoms with Crippen molar-refractivity contribution in [2.24, 2.45) is 0 Å². The number of H-pyrrole nitrogens is 1. The number of rotatable bonds is 8. The predicted octanol–water partition coefficient (Wildman–Crippen LogP) is 2.45. The van der Waals surface area contributed by atoms with Crippen molar-refractivity contribution >= 4 is 11.8 Å². The molecule has 0 saturated heterocycles. The summed E-state index contributed by atoms with van der Waals surface area (Å²) in [6.45, 7) is 3.95. The number of aliphatic carboxylic acids is 1. The molecule has 1 atom stereocenters. The number of anilines is 1. The molecule has 0 fully saturated rings. The Bertz CT molecular complexity index is 740. The molecule has 2 heterocycles. The van der Waals surface area contributed by atoms with Crippen molar-refractivity contribution in [3.05, 3.63) is 40.4 Å². The minimum Gasteiger partial charge on any atom is -0.480 e. The number of carboxylic acid groups (broad SMARTS) is 1. The van der Waals surface area contributed by atoms with Crippen LogP contribution < -0.4 is 10.9 Å². The van der Waals surface area contributed by atoms with Crippen LogP contribution in [0, 0.1) is 0 Å². The minimum atomic E-state index is -0.893. The molecule has 7 heteroatoms.